The van der Waals surface area contributed by atoms with E-state index in [1.54, 1.807) is 7.05 Å². The molecule has 1 aromatic rings. The second kappa shape index (κ2) is 7.50. The van der Waals surface area contributed by atoms with Crippen molar-refractivity contribution in [3.05, 3.63) is 35.9 Å². The molecule has 1 aromatic carbocycles. The number of carbonyl (C=O) groups is 2. The fourth-order valence-corrected chi connectivity index (χ4v) is 2.93. The second-order valence-electron chi connectivity index (χ2n) is 5.49. The Balaban J connectivity index is 1.84. The molecule has 5 heteroatoms. The molecule has 1 atom stereocenters. The van der Waals surface area contributed by atoms with Crippen molar-refractivity contribution in [1.82, 2.24) is 9.80 Å². The van der Waals surface area contributed by atoms with Crippen LogP contribution < -0.4 is 0 Å². The summed E-state index contributed by atoms with van der Waals surface area (Å²) in [6.45, 7) is 1.77. The number of carbonyl (C=O) groups excluding carboxylic acids is 2. The molecule has 0 aromatic heterocycles. The van der Waals surface area contributed by atoms with Crippen LogP contribution in [0.3, 0.4) is 0 Å². The Morgan fingerprint density at radius 2 is 1.86 bits per heavy atom. The quantitative estimate of drug-likeness (QED) is 0.840. The first kappa shape index (κ1) is 15.9. The molecule has 0 spiro atoms. The fourth-order valence-electron chi connectivity index (χ4n) is 2.53. The maximum Gasteiger partial charge on any atom is 0.242 e. The Hall–Kier alpha value is -1.49. The molecule has 1 aliphatic heterocycles. The number of rotatable bonds is 5. The Morgan fingerprint density at radius 3 is 2.48 bits per heavy atom. The van der Waals surface area contributed by atoms with Crippen molar-refractivity contribution in [2.75, 3.05) is 26.7 Å². The maximum absolute atomic E-state index is 12.3. The molecule has 1 aliphatic rings. The van der Waals surface area contributed by atoms with Crippen LogP contribution in [0, 0.1) is 0 Å². The molecule has 0 N–H and O–H groups in total. The molecule has 1 fully saturated rings. The van der Waals surface area contributed by atoms with E-state index in [-0.39, 0.29) is 18.4 Å². The largest absolute Gasteiger partial charge is 0.341 e. The number of amides is 2. The lowest BCUT2D eigenvalue weighted by molar-refractivity contribution is -0.138. The summed E-state index contributed by atoms with van der Waals surface area (Å²) in [5, 5.41) is -0.413. The van der Waals surface area contributed by atoms with Gasteiger partial charge in [0.15, 0.2) is 0 Å². The fraction of sp³-hybridized carbons (Fsp3) is 0.500. The predicted molar refractivity (Wildman–Crippen MR) is 86.4 cm³/mol. The average Bonchev–Trinajstić information content (AvgIpc) is 3.01. The molecule has 0 radical (unpaired) electrons. The van der Waals surface area contributed by atoms with Gasteiger partial charge in [-0.2, -0.15) is 12.6 Å². The molecule has 2 amide bonds. The van der Waals surface area contributed by atoms with E-state index in [1.165, 1.54) is 4.90 Å². The minimum Gasteiger partial charge on any atom is -0.341 e. The van der Waals surface area contributed by atoms with Gasteiger partial charge in [0.25, 0.3) is 0 Å². The minimum atomic E-state index is -0.413. The molecule has 0 aliphatic carbocycles. The van der Waals surface area contributed by atoms with Gasteiger partial charge >= 0.3 is 0 Å². The summed E-state index contributed by atoms with van der Waals surface area (Å²) in [5.74, 6) is -0.0710. The van der Waals surface area contributed by atoms with Crippen molar-refractivity contribution in [3.8, 4) is 0 Å². The molecule has 2 rings (SSSR count). The lowest BCUT2D eigenvalue weighted by Gasteiger charge is -2.23. The van der Waals surface area contributed by atoms with E-state index in [0.717, 1.165) is 31.5 Å². The Labute approximate surface area is 131 Å². The number of likely N-dealkylation sites (N-methyl/N-ethyl adjacent to an activating group) is 1. The second-order valence-corrected chi connectivity index (χ2v) is 6.11. The van der Waals surface area contributed by atoms with Crippen LogP contribution in [0.1, 0.15) is 18.4 Å². The van der Waals surface area contributed by atoms with E-state index < -0.39 is 5.25 Å². The van der Waals surface area contributed by atoms with Crippen LogP contribution in [0.4, 0.5) is 0 Å². The zero-order valence-electron chi connectivity index (χ0n) is 12.4. The average molecular weight is 306 g/mol. The summed E-state index contributed by atoms with van der Waals surface area (Å²) in [4.78, 5) is 27.6. The van der Waals surface area contributed by atoms with Gasteiger partial charge in [0.2, 0.25) is 11.8 Å². The number of thiol groups is 1. The maximum atomic E-state index is 12.3. The molecule has 1 unspecified atom stereocenters. The van der Waals surface area contributed by atoms with E-state index in [1.807, 2.05) is 35.2 Å². The highest BCUT2D eigenvalue weighted by Crippen LogP contribution is 2.11. The van der Waals surface area contributed by atoms with E-state index in [0.29, 0.717) is 6.42 Å². The third-order valence-corrected chi connectivity index (χ3v) is 4.17. The van der Waals surface area contributed by atoms with E-state index in [9.17, 15) is 9.59 Å². The summed E-state index contributed by atoms with van der Waals surface area (Å²) in [6.07, 6.45) is 2.70. The van der Waals surface area contributed by atoms with Crippen molar-refractivity contribution >= 4 is 24.4 Å². The van der Waals surface area contributed by atoms with Gasteiger partial charge in [-0.05, 0) is 24.8 Å². The Kier molecular flexibility index (Phi) is 5.67. The predicted octanol–water partition coefficient (Wildman–Crippen LogP) is 1.61. The normalized spacial score (nSPS) is 15.8. The molecule has 1 heterocycles. The third kappa shape index (κ3) is 4.49. The highest BCUT2D eigenvalue weighted by atomic mass is 32.1. The third-order valence-electron chi connectivity index (χ3n) is 3.76. The van der Waals surface area contributed by atoms with Gasteiger partial charge in [-0.15, -0.1) is 0 Å². The van der Waals surface area contributed by atoms with Crippen LogP contribution in [0.2, 0.25) is 0 Å². The summed E-state index contributed by atoms with van der Waals surface area (Å²) in [7, 11) is 1.67. The number of hydrogen-bond acceptors (Lipinski definition) is 3. The van der Waals surface area contributed by atoms with Crippen molar-refractivity contribution in [1.29, 1.82) is 0 Å². The lowest BCUT2D eigenvalue weighted by atomic mass is 10.1. The SMILES string of the molecule is CN(CC(=O)N1CCCC1)C(=O)C(S)Cc1ccccc1. The summed E-state index contributed by atoms with van der Waals surface area (Å²) in [6, 6.07) is 9.79. The smallest absolute Gasteiger partial charge is 0.242 e. The number of nitrogens with zero attached hydrogens (tertiary/aromatic N) is 2. The first-order valence-corrected chi connectivity index (χ1v) is 7.84. The zero-order chi connectivity index (χ0) is 15.2. The Bertz CT molecular complexity index is 486. The molecule has 1 saturated heterocycles. The van der Waals surface area contributed by atoms with Gasteiger partial charge in [0, 0.05) is 20.1 Å². The van der Waals surface area contributed by atoms with Crippen molar-refractivity contribution in [2.24, 2.45) is 0 Å². The van der Waals surface area contributed by atoms with E-state index in [2.05, 4.69) is 12.6 Å². The monoisotopic (exact) mass is 306 g/mol. The Morgan fingerprint density at radius 1 is 1.24 bits per heavy atom. The van der Waals surface area contributed by atoms with Gasteiger partial charge in [0.05, 0.1) is 11.8 Å². The molecular formula is C16H22N2O2S. The first-order chi connectivity index (χ1) is 10.1. The van der Waals surface area contributed by atoms with Gasteiger partial charge in [-0.25, -0.2) is 0 Å². The topological polar surface area (TPSA) is 40.6 Å². The van der Waals surface area contributed by atoms with Crippen LogP contribution in [0.15, 0.2) is 30.3 Å². The first-order valence-electron chi connectivity index (χ1n) is 7.32. The number of likely N-dealkylation sites (tertiary alicyclic amines) is 1. The summed E-state index contributed by atoms with van der Waals surface area (Å²) >= 11 is 4.39. The van der Waals surface area contributed by atoms with Gasteiger partial charge in [-0.1, -0.05) is 30.3 Å². The highest BCUT2D eigenvalue weighted by Gasteiger charge is 2.24. The van der Waals surface area contributed by atoms with E-state index in [4.69, 9.17) is 0 Å². The van der Waals surface area contributed by atoms with Crippen molar-refractivity contribution in [3.63, 3.8) is 0 Å². The molecule has 114 valence electrons. The van der Waals surface area contributed by atoms with Gasteiger partial charge < -0.3 is 9.80 Å². The van der Waals surface area contributed by atoms with Crippen molar-refractivity contribution in [2.45, 2.75) is 24.5 Å². The molecule has 0 saturated carbocycles. The van der Waals surface area contributed by atoms with Gasteiger partial charge in [-0.3, -0.25) is 9.59 Å². The van der Waals surface area contributed by atoms with Crippen LogP contribution >= 0.6 is 12.6 Å². The lowest BCUT2D eigenvalue weighted by Crippen LogP contribution is -2.42. The summed E-state index contributed by atoms with van der Waals surface area (Å²) in [5.41, 5.74) is 1.07. The molecular weight excluding hydrogens is 284 g/mol. The van der Waals surface area contributed by atoms with Gasteiger partial charge in [0.1, 0.15) is 0 Å². The van der Waals surface area contributed by atoms with Crippen LogP contribution in [0.5, 0.6) is 0 Å². The molecule has 0 bridgehead atoms. The summed E-state index contributed by atoms with van der Waals surface area (Å²) < 4.78 is 0. The van der Waals surface area contributed by atoms with Crippen molar-refractivity contribution < 1.29 is 9.59 Å². The molecule has 4 nitrogen and oxygen atoms in total. The minimum absolute atomic E-state index is 0.0311. The molecule has 21 heavy (non-hydrogen) atoms. The van der Waals surface area contributed by atoms with Crippen LogP contribution in [0.25, 0.3) is 0 Å². The standard InChI is InChI=1S/C16H22N2O2S/c1-17(12-15(19)18-9-5-6-10-18)16(20)14(21)11-13-7-3-2-4-8-13/h2-4,7-8,14,21H,5-6,9-12H2,1H3. The highest BCUT2D eigenvalue weighted by molar-refractivity contribution is 7.81. The van der Waals surface area contributed by atoms with Crippen LogP contribution in [-0.4, -0.2) is 53.5 Å². The van der Waals surface area contributed by atoms with Crippen LogP contribution in [-0.2, 0) is 16.0 Å². The zero-order valence-corrected chi connectivity index (χ0v) is 13.3. The number of benzene rings is 1. The van der Waals surface area contributed by atoms with E-state index >= 15 is 0 Å². The number of hydrogen-bond donors (Lipinski definition) is 1.